The SMILES string of the molecule is C=CC(C)OC(=O)c1c(C(F)(F)F)nn2c(C3CCNCC3)cc(=O)[nH]c12. The number of alkyl halides is 3. The maximum absolute atomic E-state index is 13.5. The van der Waals surface area contributed by atoms with E-state index in [-0.39, 0.29) is 11.6 Å². The average molecular weight is 384 g/mol. The number of nitrogens with one attached hydrogen (secondary N) is 2. The molecule has 0 bridgehead atoms. The minimum absolute atomic E-state index is 0.145. The summed E-state index contributed by atoms with van der Waals surface area (Å²) >= 11 is 0. The number of piperidine rings is 1. The molecule has 1 fully saturated rings. The van der Waals surface area contributed by atoms with Crippen LogP contribution in [0, 0.1) is 0 Å². The van der Waals surface area contributed by atoms with E-state index < -0.39 is 35.1 Å². The van der Waals surface area contributed by atoms with E-state index in [1.807, 2.05) is 0 Å². The van der Waals surface area contributed by atoms with Crippen molar-refractivity contribution in [2.75, 3.05) is 13.1 Å². The van der Waals surface area contributed by atoms with Gasteiger partial charge in [0.2, 0.25) is 0 Å². The fourth-order valence-electron chi connectivity index (χ4n) is 3.14. The number of ether oxygens (including phenoxy) is 1. The third-order valence-corrected chi connectivity index (χ3v) is 4.51. The van der Waals surface area contributed by atoms with Crippen molar-refractivity contribution in [3.63, 3.8) is 0 Å². The van der Waals surface area contributed by atoms with E-state index in [0.717, 1.165) is 4.52 Å². The fraction of sp³-hybridized carbons (Fsp3) is 0.471. The standard InChI is InChI=1S/C17H19F3N4O3/c1-3-9(2)27-16(26)13-14(17(18,19)20)23-24-11(8-12(25)22-15(13)24)10-4-6-21-7-5-10/h3,8-10,21H,1,4-7H2,2H3,(H,22,25). The van der Waals surface area contributed by atoms with Crippen molar-refractivity contribution >= 4 is 11.6 Å². The van der Waals surface area contributed by atoms with Gasteiger partial charge in [0.05, 0.1) is 5.69 Å². The summed E-state index contributed by atoms with van der Waals surface area (Å²) in [5, 5.41) is 6.78. The monoisotopic (exact) mass is 384 g/mol. The van der Waals surface area contributed by atoms with Gasteiger partial charge in [0.25, 0.3) is 5.56 Å². The van der Waals surface area contributed by atoms with Gasteiger partial charge in [-0.05, 0) is 32.9 Å². The molecule has 27 heavy (non-hydrogen) atoms. The van der Waals surface area contributed by atoms with Crippen molar-refractivity contribution in [1.29, 1.82) is 0 Å². The quantitative estimate of drug-likeness (QED) is 0.624. The second-order valence-electron chi connectivity index (χ2n) is 6.41. The van der Waals surface area contributed by atoms with E-state index in [1.165, 1.54) is 19.1 Å². The van der Waals surface area contributed by atoms with Crippen molar-refractivity contribution in [2.24, 2.45) is 0 Å². The Morgan fingerprint density at radius 2 is 2.11 bits per heavy atom. The Labute approximate surface area is 152 Å². The second kappa shape index (κ2) is 7.18. The molecule has 10 heteroatoms. The van der Waals surface area contributed by atoms with E-state index in [2.05, 4.69) is 22.0 Å². The zero-order valence-electron chi connectivity index (χ0n) is 14.6. The van der Waals surface area contributed by atoms with Gasteiger partial charge in [-0.1, -0.05) is 12.7 Å². The summed E-state index contributed by atoms with van der Waals surface area (Å²) < 4.78 is 46.6. The Hall–Kier alpha value is -2.62. The molecule has 2 aromatic rings. The van der Waals surface area contributed by atoms with Gasteiger partial charge in [0.15, 0.2) is 11.3 Å². The third kappa shape index (κ3) is 3.75. The molecule has 3 heterocycles. The number of rotatable bonds is 4. The molecule has 1 atom stereocenters. The van der Waals surface area contributed by atoms with Gasteiger partial charge in [-0.2, -0.15) is 18.3 Å². The first kappa shape index (κ1) is 19.2. The van der Waals surface area contributed by atoms with Crippen LogP contribution in [0.5, 0.6) is 0 Å². The van der Waals surface area contributed by atoms with Gasteiger partial charge < -0.3 is 15.0 Å². The first-order valence-corrected chi connectivity index (χ1v) is 8.49. The van der Waals surface area contributed by atoms with Crippen LogP contribution in [-0.4, -0.2) is 39.8 Å². The van der Waals surface area contributed by atoms with Crippen LogP contribution in [0.25, 0.3) is 5.65 Å². The van der Waals surface area contributed by atoms with E-state index in [9.17, 15) is 22.8 Å². The minimum atomic E-state index is -4.89. The number of fused-ring (bicyclic) bond motifs is 1. The predicted octanol–water partition coefficient (Wildman–Crippen LogP) is 2.24. The Morgan fingerprint density at radius 3 is 2.70 bits per heavy atom. The fourth-order valence-corrected chi connectivity index (χ4v) is 3.14. The molecular formula is C17H19F3N4O3. The van der Waals surface area contributed by atoms with E-state index in [4.69, 9.17) is 4.74 Å². The van der Waals surface area contributed by atoms with Gasteiger partial charge in [-0.15, -0.1) is 0 Å². The van der Waals surface area contributed by atoms with Crippen molar-refractivity contribution in [3.05, 3.63) is 46.0 Å². The number of nitrogens with zero attached hydrogens (tertiary/aromatic N) is 2. The normalized spacial score (nSPS) is 17.0. The highest BCUT2D eigenvalue weighted by atomic mass is 19.4. The van der Waals surface area contributed by atoms with Crippen LogP contribution in [-0.2, 0) is 10.9 Å². The lowest BCUT2D eigenvalue weighted by Gasteiger charge is -2.23. The Bertz CT molecular complexity index is 926. The molecule has 1 aliphatic rings. The number of aromatic nitrogens is 3. The molecule has 2 N–H and O–H groups in total. The molecule has 0 aliphatic carbocycles. The Kier molecular flexibility index (Phi) is 5.09. The highest BCUT2D eigenvalue weighted by Crippen LogP contribution is 2.34. The number of hydrogen-bond acceptors (Lipinski definition) is 5. The van der Waals surface area contributed by atoms with Gasteiger partial charge in [0, 0.05) is 12.0 Å². The highest BCUT2D eigenvalue weighted by molar-refractivity contribution is 5.97. The van der Waals surface area contributed by atoms with E-state index in [1.54, 1.807) is 0 Å². The summed E-state index contributed by atoms with van der Waals surface area (Å²) in [4.78, 5) is 26.8. The summed E-state index contributed by atoms with van der Waals surface area (Å²) in [5.41, 5.74) is -2.76. The molecule has 0 spiro atoms. The van der Waals surface area contributed by atoms with Crippen LogP contribution in [0.2, 0.25) is 0 Å². The molecule has 0 saturated carbocycles. The van der Waals surface area contributed by atoms with E-state index in [0.29, 0.717) is 31.6 Å². The Balaban J connectivity index is 2.23. The molecule has 0 aromatic carbocycles. The predicted molar refractivity (Wildman–Crippen MR) is 90.7 cm³/mol. The third-order valence-electron chi connectivity index (χ3n) is 4.51. The van der Waals surface area contributed by atoms with Crippen LogP contribution in [0.3, 0.4) is 0 Å². The van der Waals surface area contributed by atoms with Gasteiger partial charge in [-0.25, -0.2) is 9.31 Å². The number of hydrogen-bond donors (Lipinski definition) is 2. The number of aromatic amines is 1. The van der Waals surface area contributed by atoms with Crippen LogP contribution >= 0.6 is 0 Å². The number of H-pyrrole nitrogens is 1. The maximum Gasteiger partial charge on any atom is 0.436 e. The van der Waals surface area contributed by atoms with Crippen LogP contribution in [0.15, 0.2) is 23.5 Å². The number of esters is 1. The molecule has 3 rings (SSSR count). The molecule has 0 amide bonds. The molecule has 7 nitrogen and oxygen atoms in total. The number of carbonyl (C=O) groups is 1. The summed E-state index contributed by atoms with van der Waals surface area (Å²) in [6.45, 7) is 6.26. The summed E-state index contributed by atoms with van der Waals surface area (Å²) in [6, 6.07) is 1.23. The van der Waals surface area contributed by atoms with Gasteiger partial charge >= 0.3 is 12.1 Å². The zero-order chi connectivity index (χ0) is 19.8. The van der Waals surface area contributed by atoms with Gasteiger partial charge in [0.1, 0.15) is 11.7 Å². The highest BCUT2D eigenvalue weighted by Gasteiger charge is 2.42. The van der Waals surface area contributed by atoms with Crippen LogP contribution in [0.4, 0.5) is 13.2 Å². The van der Waals surface area contributed by atoms with Crippen LogP contribution < -0.4 is 10.9 Å². The molecule has 1 unspecified atom stereocenters. The maximum atomic E-state index is 13.5. The lowest BCUT2D eigenvalue weighted by molar-refractivity contribution is -0.141. The second-order valence-corrected chi connectivity index (χ2v) is 6.41. The smallest absolute Gasteiger partial charge is 0.436 e. The van der Waals surface area contributed by atoms with Crippen molar-refractivity contribution in [1.82, 2.24) is 19.9 Å². The molecule has 2 aromatic heterocycles. The van der Waals surface area contributed by atoms with Crippen molar-refractivity contribution in [3.8, 4) is 0 Å². The largest absolute Gasteiger partial charge is 0.455 e. The minimum Gasteiger partial charge on any atom is -0.455 e. The summed E-state index contributed by atoms with van der Waals surface area (Å²) in [5.74, 6) is -1.36. The Morgan fingerprint density at radius 1 is 1.44 bits per heavy atom. The zero-order valence-corrected chi connectivity index (χ0v) is 14.6. The molecule has 146 valence electrons. The summed E-state index contributed by atoms with van der Waals surface area (Å²) in [6.07, 6.45) is -3.12. The topological polar surface area (TPSA) is 88.5 Å². The van der Waals surface area contributed by atoms with E-state index >= 15 is 0 Å². The molecular weight excluding hydrogens is 365 g/mol. The molecule has 0 radical (unpaired) electrons. The average Bonchev–Trinajstić information content (AvgIpc) is 3.01. The number of halogens is 3. The lowest BCUT2D eigenvalue weighted by atomic mass is 9.94. The first-order valence-electron chi connectivity index (χ1n) is 8.49. The lowest BCUT2D eigenvalue weighted by Crippen LogP contribution is -2.28. The molecule has 1 aliphatic heterocycles. The first-order chi connectivity index (χ1) is 12.7. The summed E-state index contributed by atoms with van der Waals surface area (Å²) in [7, 11) is 0. The van der Waals surface area contributed by atoms with Gasteiger partial charge in [-0.3, -0.25) is 4.79 Å². The number of carbonyl (C=O) groups excluding carboxylic acids is 1. The van der Waals surface area contributed by atoms with Crippen molar-refractivity contribution in [2.45, 2.75) is 38.0 Å². The van der Waals surface area contributed by atoms with Crippen LogP contribution in [0.1, 0.15) is 47.4 Å². The molecule has 1 saturated heterocycles. The van der Waals surface area contributed by atoms with Crippen molar-refractivity contribution < 1.29 is 22.7 Å².